The summed E-state index contributed by atoms with van der Waals surface area (Å²) >= 11 is 0. The summed E-state index contributed by atoms with van der Waals surface area (Å²) < 4.78 is 0. The molecule has 2 atom stereocenters. The van der Waals surface area contributed by atoms with Crippen LogP contribution in [0.15, 0.2) is 0 Å². The molecule has 4 heteroatoms. The van der Waals surface area contributed by atoms with E-state index in [2.05, 4.69) is 0 Å². The van der Waals surface area contributed by atoms with E-state index in [0.29, 0.717) is 38.5 Å². The van der Waals surface area contributed by atoms with Crippen LogP contribution in [0.4, 0.5) is 0 Å². The van der Waals surface area contributed by atoms with Crippen LogP contribution >= 0.6 is 0 Å². The minimum atomic E-state index is -1.14. The molecule has 0 bridgehead atoms. The van der Waals surface area contributed by atoms with Gasteiger partial charge in [-0.3, -0.25) is 9.59 Å². The maximum Gasteiger partial charge on any atom is 0.310 e. The van der Waals surface area contributed by atoms with Crippen molar-refractivity contribution in [1.82, 2.24) is 0 Å². The highest BCUT2D eigenvalue weighted by Crippen LogP contribution is 2.53. The highest BCUT2D eigenvalue weighted by Gasteiger charge is 2.59. The smallest absolute Gasteiger partial charge is 0.310 e. The number of carbonyl (C=O) groups is 2. The van der Waals surface area contributed by atoms with E-state index < -0.39 is 22.8 Å². The van der Waals surface area contributed by atoms with Crippen LogP contribution in [-0.4, -0.2) is 22.2 Å². The quantitative estimate of drug-likeness (QED) is 0.495. The molecule has 0 aromatic rings. The molecule has 0 amide bonds. The average molecular weight is 314 g/mol. The molecule has 0 spiro atoms. The first-order valence-corrected chi connectivity index (χ1v) is 8.85. The summed E-state index contributed by atoms with van der Waals surface area (Å²) in [5.74, 6) is -1.84. The largest absolute Gasteiger partial charge is 0.481 e. The maximum atomic E-state index is 12.2. The molecule has 0 fully saturated rings. The van der Waals surface area contributed by atoms with E-state index in [1.54, 1.807) is 0 Å². The molecule has 4 nitrogen and oxygen atoms in total. The fraction of sp³-hybridized carbons (Fsp3) is 0.889. The van der Waals surface area contributed by atoms with Crippen molar-refractivity contribution in [3.63, 3.8) is 0 Å². The molecule has 2 N–H and O–H groups in total. The van der Waals surface area contributed by atoms with E-state index in [1.807, 2.05) is 27.7 Å². The first-order valence-electron chi connectivity index (χ1n) is 8.85. The van der Waals surface area contributed by atoms with Gasteiger partial charge in [-0.25, -0.2) is 0 Å². The van der Waals surface area contributed by atoms with E-state index in [9.17, 15) is 19.8 Å². The lowest BCUT2D eigenvalue weighted by atomic mass is 9.55. The average Bonchev–Trinajstić information content (AvgIpc) is 2.47. The van der Waals surface area contributed by atoms with E-state index in [0.717, 1.165) is 25.7 Å². The minimum absolute atomic E-state index is 0.443. The van der Waals surface area contributed by atoms with Gasteiger partial charge in [0.1, 0.15) is 0 Å². The molecule has 0 rings (SSSR count). The summed E-state index contributed by atoms with van der Waals surface area (Å²) in [7, 11) is 0. The Morgan fingerprint density at radius 3 is 1.14 bits per heavy atom. The van der Waals surface area contributed by atoms with Crippen LogP contribution < -0.4 is 0 Å². The lowest BCUT2D eigenvalue weighted by Gasteiger charge is -2.46. The van der Waals surface area contributed by atoms with E-state index in [-0.39, 0.29) is 0 Å². The molecule has 0 aliphatic carbocycles. The van der Waals surface area contributed by atoms with Crippen molar-refractivity contribution in [2.45, 2.75) is 91.9 Å². The third kappa shape index (κ3) is 4.23. The predicted octanol–water partition coefficient (Wildman–Crippen LogP) is 5.11. The zero-order valence-electron chi connectivity index (χ0n) is 14.8. The summed E-state index contributed by atoms with van der Waals surface area (Å²) in [4.78, 5) is 24.5. The van der Waals surface area contributed by atoms with Gasteiger partial charge in [0.2, 0.25) is 0 Å². The molecular formula is C18H34O4. The minimum Gasteiger partial charge on any atom is -0.481 e. The molecule has 22 heavy (non-hydrogen) atoms. The van der Waals surface area contributed by atoms with Gasteiger partial charge in [-0.15, -0.1) is 0 Å². The van der Waals surface area contributed by atoms with Gasteiger partial charge in [0.25, 0.3) is 0 Å². The number of hydrogen-bond donors (Lipinski definition) is 2. The Bertz CT molecular complexity index is 319. The Labute approximate surface area is 135 Å². The molecule has 0 heterocycles. The van der Waals surface area contributed by atoms with Crippen LogP contribution in [0.25, 0.3) is 0 Å². The highest BCUT2D eigenvalue weighted by molar-refractivity contribution is 5.86. The molecule has 130 valence electrons. The molecule has 0 aromatic heterocycles. The SMILES string of the molecule is CCCCC(CCC)(C(=O)O)C(CCC)(CCCC)C(=O)O. The third-order valence-electron chi connectivity index (χ3n) is 5.00. The van der Waals surface area contributed by atoms with Crippen molar-refractivity contribution in [1.29, 1.82) is 0 Å². The van der Waals surface area contributed by atoms with Gasteiger partial charge in [0.05, 0.1) is 10.8 Å². The monoisotopic (exact) mass is 314 g/mol. The number of carboxylic acid groups (broad SMARTS) is 2. The van der Waals surface area contributed by atoms with Crippen molar-refractivity contribution < 1.29 is 19.8 Å². The lowest BCUT2D eigenvalue weighted by Crippen LogP contribution is -2.52. The van der Waals surface area contributed by atoms with Gasteiger partial charge < -0.3 is 10.2 Å². The van der Waals surface area contributed by atoms with Crippen LogP contribution in [0, 0.1) is 10.8 Å². The summed E-state index contributed by atoms with van der Waals surface area (Å²) in [6.45, 7) is 7.93. The molecule has 0 aliphatic rings. The predicted molar refractivity (Wildman–Crippen MR) is 89.0 cm³/mol. The number of unbranched alkanes of at least 4 members (excludes halogenated alkanes) is 2. The van der Waals surface area contributed by atoms with Crippen molar-refractivity contribution in [3.8, 4) is 0 Å². The first-order chi connectivity index (χ1) is 10.4. The molecule has 0 saturated carbocycles. The summed E-state index contributed by atoms with van der Waals surface area (Å²) in [6.07, 6.45) is 6.49. The lowest BCUT2D eigenvalue weighted by molar-refractivity contribution is -0.179. The zero-order chi connectivity index (χ0) is 17.2. The number of rotatable bonds is 13. The molecule has 0 aromatic carbocycles. The molecule has 0 saturated heterocycles. The number of hydrogen-bond acceptors (Lipinski definition) is 2. The van der Waals surface area contributed by atoms with Crippen LogP contribution in [0.5, 0.6) is 0 Å². The van der Waals surface area contributed by atoms with Gasteiger partial charge in [-0.1, -0.05) is 66.2 Å². The molecule has 0 radical (unpaired) electrons. The highest BCUT2D eigenvalue weighted by atomic mass is 16.4. The van der Waals surface area contributed by atoms with Gasteiger partial charge in [0, 0.05) is 0 Å². The Morgan fingerprint density at radius 2 is 0.955 bits per heavy atom. The van der Waals surface area contributed by atoms with E-state index in [4.69, 9.17) is 0 Å². The van der Waals surface area contributed by atoms with Gasteiger partial charge in [0.15, 0.2) is 0 Å². The van der Waals surface area contributed by atoms with Crippen LogP contribution in [-0.2, 0) is 9.59 Å². The van der Waals surface area contributed by atoms with E-state index in [1.165, 1.54) is 0 Å². The Morgan fingerprint density at radius 1 is 0.636 bits per heavy atom. The Kier molecular flexibility index (Phi) is 9.38. The fourth-order valence-corrected chi connectivity index (χ4v) is 3.85. The fourth-order valence-electron chi connectivity index (χ4n) is 3.85. The van der Waals surface area contributed by atoms with E-state index >= 15 is 0 Å². The van der Waals surface area contributed by atoms with Gasteiger partial charge in [-0.2, -0.15) is 0 Å². The second-order valence-corrected chi connectivity index (χ2v) is 6.48. The van der Waals surface area contributed by atoms with Crippen molar-refractivity contribution in [2.75, 3.05) is 0 Å². The van der Waals surface area contributed by atoms with Crippen molar-refractivity contribution in [2.24, 2.45) is 10.8 Å². The number of aliphatic carboxylic acids is 2. The zero-order valence-corrected chi connectivity index (χ0v) is 14.8. The molecule has 2 unspecified atom stereocenters. The Balaban J connectivity index is 6.06. The normalized spacial score (nSPS) is 16.7. The van der Waals surface area contributed by atoms with Crippen LogP contribution in [0.2, 0.25) is 0 Å². The molecule has 0 aliphatic heterocycles. The van der Waals surface area contributed by atoms with Crippen LogP contribution in [0.3, 0.4) is 0 Å². The van der Waals surface area contributed by atoms with Crippen LogP contribution in [0.1, 0.15) is 91.9 Å². The van der Waals surface area contributed by atoms with Gasteiger partial charge >= 0.3 is 11.9 Å². The summed E-state index contributed by atoms with van der Waals surface area (Å²) in [6, 6.07) is 0. The van der Waals surface area contributed by atoms with Crippen molar-refractivity contribution >= 4 is 11.9 Å². The first kappa shape index (κ1) is 20.9. The second kappa shape index (κ2) is 9.86. The van der Waals surface area contributed by atoms with Crippen molar-refractivity contribution in [3.05, 3.63) is 0 Å². The summed E-state index contributed by atoms with van der Waals surface area (Å²) in [5.41, 5.74) is -2.29. The topological polar surface area (TPSA) is 74.6 Å². The summed E-state index contributed by atoms with van der Waals surface area (Å²) in [5, 5.41) is 20.1. The Hall–Kier alpha value is -1.06. The standard InChI is InChI=1S/C18H34O4/c1-5-9-13-17(11-7-3,15(19)20)18(12-8-4,16(21)22)14-10-6-2/h5-14H2,1-4H3,(H,19,20)(H,21,22). The number of carboxylic acids is 2. The maximum absolute atomic E-state index is 12.2. The second-order valence-electron chi connectivity index (χ2n) is 6.48. The molecular weight excluding hydrogens is 280 g/mol. The third-order valence-corrected chi connectivity index (χ3v) is 5.00. The van der Waals surface area contributed by atoms with Gasteiger partial charge in [-0.05, 0) is 25.7 Å².